The molecule has 132 valence electrons. The predicted molar refractivity (Wildman–Crippen MR) is 87.0 cm³/mol. The summed E-state index contributed by atoms with van der Waals surface area (Å²) >= 11 is 0. The minimum absolute atomic E-state index is 0.400. The number of pyridine rings is 1. The lowest BCUT2D eigenvalue weighted by molar-refractivity contribution is -0.141. The molecule has 5 nitrogen and oxygen atoms in total. The van der Waals surface area contributed by atoms with Crippen molar-refractivity contribution < 1.29 is 13.2 Å². The number of fused-ring (bicyclic) bond motifs is 1. The van der Waals surface area contributed by atoms with Crippen molar-refractivity contribution in [1.29, 1.82) is 0 Å². The quantitative estimate of drug-likeness (QED) is 0.768. The summed E-state index contributed by atoms with van der Waals surface area (Å²) in [6.45, 7) is 4.73. The number of imidazole rings is 1. The van der Waals surface area contributed by atoms with E-state index in [9.17, 15) is 13.2 Å². The average molecular weight is 349 g/mol. The number of alkyl halides is 3. The Kier molecular flexibility index (Phi) is 4.47. The monoisotopic (exact) mass is 349 g/mol. The van der Waals surface area contributed by atoms with Crippen LogP contribution in [0, 0.1) is 0 Å². The summed E-state index contributed by atoms with van der Waals surface area (Å²) in [5, 5.41) is 3.27. The third-order valence-electron chi connectivity index (χ3n) is 4.00. The zero-order valence-corrected chi connectivity index (χ0v) is 13.9. The molecular formula is C17H18F3N5. The maximum atomic E-state index is 12.8. The Morgan fingerprint density at radius 1 is 1.12 bits per heavy atom. The molecule has 25 heavy (non-hydrogen) atoms. The van der Waals surface area contributed by atoms with Crippen LogP contribution in [-0.2, 0) is 18.1 Å². The fraction of sp³-hybridized carbons (Fsp3) is 0.353. The van der Waals surface area contributed by atoms with Gasteiger partial charge in [0, 0.05) is 36.6 Å². The van der Waals surface area contributed by atoms with Gasteiger partial charge in [-0.25, -0.2) is 9.97 Å². The van der Waals surface area contributed by atoms with Crippen LogP contribution >= 0.6 is 0 Å². The van der Waals surface area contributed by atoms with Crippen molar-refractivity contribution in [3.05, 3.63) is 60.1 Å². The molecule has 3 rings (SSSR count). The Labute approximate surface area is 143 Å². The molecule has 0 aliphatic carbocycles. The molecule has 0 aliphatic heterocycles. The van der Waals surface area contributed by atoms with Crippen LogP contribution in [0.15, 0.2) is 43.0 Å². The van der Waals surface area contributed by atoms with Crippen LogP contribution in [0.25, 0.3) is 5.65 Å². The summed E-state index contributed by atoms with van der Waals surface area (Å²) in [6, 6.07) is 4.00. The van der Waals surface area contributed by atoms with E-state index in [2.05, 4.69) is 20.3 Å². The van der Waals surface area contributed by atoms with Gasteiger partial charge in [0.2, 0.25) is 0 Å². The second kappa shape index (κ2) is 6.44. The molecule has 3 aromatic rings. The Morgan fingerprint density at radius 2 is 1.88 bits per heavy atom. The molecule has 0 aromatic carbocycles. The first kappa shape index (κ1) is 17.3. The molecule has 0 bridgehead atoms. The molecular weight excluding hydrogens is 331 g/mol. The van der Waals surface area contributed by atoms with Gasteiger partial charge in [-0.15, -0.1) is 0 Å². The van der Waals surface area contributed by atoms with Gasteiger partial charge in [-0.1, -0.05) is 19.9 Å². The third kappa shape index (κ3) is 3.79. The summed E-state index contributed by atoms with van der Waals surface area (Å²) in [6.07, 6.45) is 2.47. The van der Waals surface area contributed by atoms with Crippen molar-refractivity contribution in [1.82, 2.24) is 24.7 Å². The van der Waals surface area contributed by atoms with Crippen LogP contribution in [0.1, 0.15) is 30.9 Å². The van der Waals surface area contributed by atoms with E-state index in [1.165, 1.54) is 6.07 Å². The number of halogens is 3. The number of hydrogen-bond donors (Lipinski definition) is 1. The van der Waals surface area contributed by atoms with E-state index in [1.54, 1.807) is 24.7 Å². The Bertz CT molecular complexity index is 870. The van der Waals surface area contributed by atoms with Gasteiger partial charge in [-0.2, -0.15) is 13.2 Å². The van der Waals surface area contributed by atoms with Crippen LogP contribution in [0.2, 0.25) is 0 Å². The predicted octanol–water partition coefficient (Wildman–Crippen LogP) is 3.21. The maximum Gasteiger partial charge on any atom is 0.433 e. The van der Waals surface area contributed by atoms with Gasteiger partial charge in [0.25, 0.3) is 0 Å². The van der Waals surface area contributed by atoms with Gasteiger partial charge in [0.1, 0.15) is 5.69 Å². The highest BCUT2D eigenvalue weighted by atomic mass is 19.4. The highest BCUT2D eigenvalue weighted by Gasteiger charge is 2.34. The number of hydrogen-bond acceptors (Lipinski definition) is 4. The van der Waals surface area contributed by atoms with Gasteiger partial charge >= 0.3 is 6.18 Å². The largest absolute Gasteiger partial charge is 0.433 e. The maximum absolute atomic E-state index is 12.8. The van der Waals surface area contributed by atoms with Gasteiger partial charge in [0.05, 0.1) is 18.1 Å². The summed E-state index contributed by atoms with van der Waals surface area (Å²) in [5.41, 5.74) is 0.677. The minimum atomic E-state index is -4.44. The SMILES string of the molecule is CC(C)(CNCc1cnc2cnccn12)c1cccc(C(F)(F)F)n1. The molecule has 3 aromatic heterocycles. The fourth-order valence-electron chi connectivity index (χ4n) is 2.59. The molecule has 0 saturated carbocycles. The Hall–Kier alpha value is -2.48. The zero-order chi connectivity index (χ0) is 18.1. The molecule has 0 atom stereocenters. The van der Waals surface area contributed by atoms with E-state index < -0.39 is 17.3 Å². The minimum Gasteiger partial charge on any atom is -0.310 e. The van der Waals surface area contributed by atoms with Gasteiger partial charge in [-0.05, 0) is 12.1 Å². The molecule has 0 aliphatic rings. The normalized spacial score (nSPS) is 12.7. The first-order chi connectivity index (χ1) is 11.8. The summed E-state index contributed by atoms with van der Waals surface area (Å²) in [7, 11) is 0. The van der Waals surface area contributed by atoms with Crippen molar-refractivity contribution in [2.24, 2.45) is 0 Å². The van der Waals surface area contributed by atoms with E-state index in [1.807, 2.05) is 24.4 Å². The van der Waals surface area contributed by atoms with Crippen molar-refractivity contribution in [3.63, 3.8) is 0 Å². The number of nitrogens with zero attached hydrogens (tertiary/aromatic N) is 4. The Balaban J connectivity index is 1.70. The summed E-state index contributed by atoms with van der Waals surface area (Å²) in [4.78, 5) is 12.1. The van der Waals surface area contributed by atoms with E-state index in [-0.39, 0.29) is 0 Å². The second-order valence-electron chi connectivity index (χ2n) is 6.45. The highest BCUT2D eigenvalue weighted by molar-refractivity contribution is 5.36. The standard InChI is InChI=1S/C17H18F3N5/c1-16(2,13-4-3-5-14(24-13)17(18,19)20)11-22-8-12-9-23-15-10-21-6-7-25(12)15/h3-7,9-10,22H,8,11H2,1-2H3. The summed E-state index contributed by atoms with van der Waals surface area (Å²) in [5.74, 6) is 0. The molecule has 0 radical (unpaired) electrons. The first-order valence-electron chi connectivity index (χ1n) is 7.79. The van der Waals surface area contributed by atoms with Crippen molar-refractivity contribution in [2.75, 3.05) is 6.54 Å². The molecule has 0 spiro atoms. The van der Waals surface area contributed by atoms with E-state index in [4.69, 9.17) is 0 Å². The number of nitrogens with one attached hydrogen (secondary N) is 1. The lowest BCUT2D eigenvalue weighted by Gasteiger charge is -2.25. The molecule has 0 unspecified atom stereocenters. The second-order valence-corrected chi connectivity index (χ2v) is 6.45. The Morgan fingerprint density at radius 3 is 2.64 bits per heavy atom. The lowest BCUT2D eigenvalue weighted by Crippen LogP contribution is -2.34. The van der Waals surface area contributed by atoms with Crippen molar-refractivity contribution in [3.8, 4) is 0 Å². The topological polar surface area (TPSA) is 55.1 Å². The molecule has 0 saturated heterocycles. The molecule has 8 heteroatoms. The van der Waals surface area contributed by atoms with E-state index >= 15 is 0 Å². The fourth-order valence-corrected chi connectivity index (χ4v) is 2.59. The molecule has 0 amide bonds. The average Bonchev–Trinajstić information content (AvgIpc) is 2.97. The lowest BCUT2D eigenvalue weighted by atomic mass is 9.88. The number of rotatable bonds is 5. The van der Waals surface area contributed by atoms with Gasteiger partial charge in [-0.3, -0.25) is 9.38 Å². The van der Waals surface area contributed by atoms with Crippen LogP contribution in [0.3, 0.4) is 0 Å². The van der Waals surface area contributed by atoms with Crippen molar-refractivity contribution in [2.45, 2.75) is 32.0 Å². The van der Waals surface area contributed by atoms with Crippen LogP contribution in [0.5, 0.6) is 0 Å². The molecule has 0 fully saturated rings. The van der Waals surface area contributed by atoms with Crippen molar-refractivity contribution >= 4 is 5.65 Å². The van der Waals surface area contributed by atoms with E-state index in [0.29, 0.717) is 18.8 Å². The van der Waals surface area contributed by atoms with Crippen LogP contribution in [-0.4, -0.2) is 25.9 Å². The summed E-state index contributed by atoms with van der Waals surface area (Å²) < 4.78 is 40.5. The van der Waals surface area contributed by atoms with Crippen LogP contribution in [0.4, 0.5) is 13.2 Å². The van der Waals surface area contributed by atoms with Gasteiger partial charge < -0.3 is 5.32 Å². The van der Waals surface area contributed by atoms with Crippen LogP contribution < -0.4 is 5.32 Å². The molecule has 3 heterocycles. The third-order valence-corrected chi connectivity index (χ3v) is 4.00. The zero-order valence-electron chi connectivity index (χ0n) is 13.9. The smallest absolute Gasteiger partial charge is 0.310 e. The molecule has 1 N–H and O–H groups in total. The van der Waals surface area contributed by atoms with E-state index in [0.717, 1.165) is 17.4 Å². The van der Waals surface area contributed by atoms with Gasteiger partial charge in [0.15, 0.2) is 5.65 Å². The highest BCUT2D eigenvalue weighted by Crippen LogP contribution is 2.29. The number of aromatic nitrogens is 4. The first-order valence-corrected chi connectivity index (χ1v) is 7.79.